The van der Waals surface area contributed by atoms with E-state index in [2.05, 4.69) is 13.8 Å². The number of hydrogen-bond donors (Lipinski definition) is 1. The van der Waals surface area contributed by atoms with Gasteiger partial charge in [0.2, 0.25) is 5.91 Å². The van der Waals surface area contributed by atoms with E-state index in [0.29, 0.717) is 25.4 Å². The highest BCUT2D eigenvalue weighted by Crippen LogP contribution is 2.26. The van der Waals surface area contributed by atoms with Gasteiger partial charge in [-0.1, -0.05) is 26.0 Å². The normalized spacial score (nSPS) is 17.2. The van der Waals surface area contributed by atoms with Crippen molar-refractivity contribution in [2.24, 2.45) is 11.7 Å². The van der Waals surface area contributed by atoms with Crippen LogP contribution in [0.4, 0.5) is 0 Å². The standard InChI is InChI=1S/C15H22N2O2/c1-11(2)15(16)9-17(10-15)14(18)8-12-5-4-6-13(7-12)19-3/h4-7,11H,8-10,16H2,1-3H3. The van der Waals surface area contributed by atoms with Crippen LogP contribution in [0.1, 0.15) is 19.4 Å². The molecular weight excluding hydrogens is 240 g/mol. The molecule has 0 aromatic heterocycles. The van der Waals surface area contributed by atoms with E-state index in [1.807, 2.05) is 29.2 Å². The summed E-state index contributed by atoms with van der Waals surface area (Å²) in [6, 6.07) is 7.62. The molecule has 0 atom stereocenters. The largest absolute Gasteiger partial charge is 0.497 e. The van der Waals surface area contributed by atoms with Crippen LogP contribution in [-0.2, 0) is 11.2 Å². The minimum absolute atomic E-state index is 0.134. The molecule has 1 amide bonds. The number of nitrogens with two attached hydrogens (primary N) is 1. The van der Waals surface area contributed by atoms with E-state index in [9.17, 15) is 4.79 Å². The van der Waals surface area contributed by atoms with Gasteiger partial charge in [0.05, 0.1) is 19.1 Å². The Bertz CT molecular complexity index is 465. The molecule has 0 bridgehead atoms. The van der Waals surface area contributed by atoms with Crippen LogP contribution in [0, 0.1) is 5.92 Å². The summed E-state index contributed by atoms with van der Waals surface area (Å²) >= 11 is 0. The van der Waals surface area contributed by atoms with Gasteiger partial charge >= 0.3 is 0 Å². The first-order valence-corrected chi connectivity index (χ1v) is 6.64. The first kappa shape index (κ1) is 13.9. The summed E-state index contributed by atoms with van der Waals surface area (Å²) in [5, 5.41) is 0. The number of carbonyl (C=O) groups is 1. The van der Waals surface area contributed by atoms with Gasteiger partial charge < -0.3 is 15.4 Å². The number of ether oxygens (including phenoxy) is 1. The Morgan fingerprint density at radius 2 is 2.16 bits per heavy atom. The molecule has 0 unspecified atom stereocenters. The quantitative estimate of drug-likeness (QED) is 0.893. The van der Waals surface area contributed by atoms with Gasteiger partial charge in [0.25, 0.3) is 0 Å². The molecule has 1 heterocycles. The fraction of sp³-hybridized carbons (Fsp3) is 0.533. The van der Waals surface area contributed by atoms with Crippen molar-refractivity contribution < 1.29 is 9.53 Å². The molecule has 1 aliphatic heterocycles. The van der Waals surface area contributed by atoms with E-state index < -0.39 is 0 Å². The van der Waals surface area contributed by atoms with Gasteiger partial charge in [-0.3, -0.25) is 4.79 Å². The molecule has 19 heavy (non-hydrogen) atoms. The van der Waals surface area contributed by atoms with Gasteiger partial charge in [-0.25, -0.2) is 0 Å². The van der Waals surface area contributed by atoms with Crippen molar-refractivity contribution in [1.82, 2.24) is 4.90 Å². The molecule has 0 saturated carbocycles. The fourth-order valence-corrected chi connectivity index (χ4v) is 2.27. The van der Waals surface area contributed by atoms with Gasteiger partial charge in [-0.05, 0) is 23.6 Å². The molecule has 1 aromatic carbocycles. The van der Waals surface area contributed by atoms with Gasteiger partial charge in [-0.2, -0.15) is 0 Å². The van der Waals surface area contributed by atoms with Crippen LogP contribution in [0.25, 0.3) is 0 Å². The fourth-order valence-electron chi connectivity index (χ4n) is 2.27. The molecule has 1 saturated heterocycles. The van der Waals surface area contributed by atoms with Crippen LogP contribution in [0.15, 0.2) is 24.3 Å². The van der Waals surface area contributed by atoms with E-state index in [1.54, 1.807) is 7.11 Å². The third kappa shape index (κ3) is 2.89. The topological polar surface area (TPSA) is 55.6 Å². The van der Waals surface area contributed by atoms with Crippen molar-refractivity contribution in [2.75, 3.05) is 20.2 Å². The molecule has 104 valence electrons. The maximum atomic E-state index is 12.1. The number of likely N-dealkylation sites (tertiary alicyclic amines) is 1. The van der Waals surface area contributed by atoms with Crippen LogP contribution in [0.3, 0.4) is 0 Å². The molecule has 0 radical (unpaired) electrons. The smallest absolute Gasteiger partial charge is 0.227 e. The SMILES string of the molecule is COc1cccc(CC(=O)N2CC(N)(C(C)C)C2)c1. The van der Waals surface area contributed by atoms with Crippen molar-refractivity contribution in [3.63, 3.8) is 0 Å². The van der Waals surface area contributed by atoms with Crippen molar-refractivity contribution in [2.45, 2.75) is 25.8 Å². The molecule has 2 rings (SSSR count). The van der Waals surface area contributed by atoms with Crippen molar-refractivity contribution >= 4 is 5.91 Å². The molecule has 4 heteroatoms. The lowest BCUT2D eigenvalue weighted by atomic mass is 9.80. The zero-order valence-corrected chi connectivity index (χ0v) is 11.8. The van der Waals surface area contributed by atoms with Crippen molar-refractivity contribution in [3.8, 4) is 5.75 Å². The van der Waals surface area contributed by atoms with E-state index in [-0.39, 0.29) is 11.4 Å². The van der Waals surface area contributed by atoms with E-state index in [0.717, 1.165) is 11.3 Å². The second-order valence-electron chi connectivity index (χ2n) is 5.67. The number of methoxy groups -OCH3 is 1. The highest BCUT2D eigenvalue weighted by atomic mass is 16.5. The molecule has 0 aliphatic carbocycles. The summed E-state index contributed by atoms with van der Waals surface area (Å²) in [6.07, 6.45) is 0.408. The van der Waals surface area contributed by atoms with Gasteiger partial charge in [-0.15, -0.1) is 0 Å². The molecule has 0 spiro atoms. The molecule has 1 aromatic rings. The highest BCUT2D eigenvalue weighted by molar-refractivity contribution is 5.80. The first-order valence-electron chi connectivity index (χ1n) is 6.64. The summed E-state index contributed by atoms with van der Waals surface area (Å²) in [5.41, 5.74) is 6.97. The number of amides is 1. The first-order chi connectivity index (χ1) is 8.94. The van der Waals surface area contributed by atoms with Crippen molar-refractivity contribution in [1.29, 1.82) is 0 Å². The predicted octanol–water partition coefficient (Wildman–Crippen LogP) is 1.43. The van der Waals surface area contributed by atoms with E-state index >= 15 is 0 Å². The summed E-state index contributed by atoms with van der Waals surface area (Å²) < 4.78 is 5.16. The Hall–Kier alpha value is -1.55. The second-order valence-corrected chi connectivity index (χ2v) is 5.67. The van der Waals surface area contributed by atoms with E-state index in [1.165, 1.54) is 0 Å². The highest BCUT2D eigenvalue weighted by Gasteiger charge is 2.43. The zero-order chi connectivity index (χ0) is 14.0. The molecule has 1 aliphatic rings. The maximum Gasteiger partial charge on any atom is 0.227 e. The predicted molar refractivity (Wildman–Crippen MR) is 75.0 cm³/mol. The van der Waals surface area contributed by atoms with Crippen LogP contribution in [-0.4, -0.2) is 36.5 Å². The Labute approximate surface area is 114 Å². The number of benzene rings is 1. The summed E-state index contributed by atoms with van der Waals surface area (Å²) in [6.45, 7) is 5.52. The lowest BCUT2D eigenvalue weighted by Crippen LogP contribution is -2.71. The summed E-state index contributed by atoms with van der Waals surface area (Å²) in [7, 11) is 1.63. The van der Waals surface area contributed by atoms with Gasteiger partial charge in [0.15, 0.2) is 0 Å². The molecule has 4 nitrogen and oxygen atoms in total. The Morgan fingerprint density at radius 1 is 1.47 bits per heavy atom. The zero-order valence-electron chi connectivity index (χ0n) is 11.8. The third-order valence-corrected chi connectivity index (χ3v) is 3.96. The Morgan fingerprint density at radius 3 is 2.74 bits per heavy atom. The average molecular weight is 262 g/mol. The van der Waals surface area contributed by atoms with Crippen molar-refractivity contribution in [3.05, 3.63) is 29.8 Å². The van der Waals surface area contributed by atoms with Crippen LogP contribution < -0.4 is 10.5 Å². The number of hydrogen-bond acceptors (Lipinski definition) is 3. The lowest BCUT2D eigenvalue weighted by molar-refractivity contribution is -0.139. The third-order valence-electron chi connectivity index (χ3n) is 3.96. The minimum Gasteiger partial charge on any atom is -0.497 e. The maximum absolute atomic E-state index is 12.1. The van der Waals surface area contributed by atoms with E-state index in [4.69, 9.17) is 10.5 Å². The second kappa shape index (κ2) is 5.21. The van der Waals surface area contributed by atoms with Crippen LogP contribution in [0.5, 0.6) is 5.75 Å². The van der Waals surface area contributed by atoms with Crippen LogP contribution >= 0.6 is 0 Å². The van der Waals surface area contributed by atoms with Crippen LogP contribution in [0.2, 0.25) is 0 Å². The lowest BCUT2D eigenvalue weighted by Gasteiger charge is -2.50. The number of rotatable bonds is 4. The number of nitrogens with zero attached hydrogens (tertiary/aromatic N) is 1. The van der Waals surface area contributed by atoms with Gasteiger partial charge in [0, 0.05) is 13.1 Å². The summed E-state index contributed by atoms with van der Waals surface area (Å²) in [4.78, 5) is 14.0. The Kier molecular flexibility index (Phi) is 3.80. The molecular formula is C15H22N2O2. The minimum atomic E-state index is -0.204. The number of carbonyl (C=O) groups excluding carboxylic acids is 1. The molecule has 2 N–H and O–H groups in total. The molecule has 1 fully saturated rings. The monoisotopic (exact) mass is 262 g/mol. The Balaban J connectivity index is 1.92. The van der Waals surface area contributed by atoms with Gasteiger partial charge in [0.1, 0.15) is 5.75 Å². The average Bonchev–Trinajstić information content (AvgIpc) is 2.34. The summed E-state index contributed by atoms with van der Waals surface area (Å²) in [5.74, 6) is 1.31.